The lowest BCUT2D eigenvalue weighted by molar-refractivity contribution is 0.102. The summed E-state index contributed by atoms with van der Waals surface area (Å²) in [6, 6.07) is 6.00. The molecule has 0 radical (unpaired) electrons. The van der Waals surface area contributed by atoms with Crippen LogP contribution in [0.5, 0.6) is 0 Å². The van der Waals surface area contributed by atoms with Crippen LogP contribution in [0.4, 0.5) is 5.82 Å². The number of anilines is 1. The van der Waals surface area contributed by atoms with Crippen molar-refractivity contribution in [3.63, 3.8) is 0 Å². The molecule has 1 saturated carbocycles. The van der Waals surface area contributed by atoms with Gasteiger partial charge in [0.15, 0.2) is 0 Å². The van der Waals surface area contributed by atoms with Crippen molar-refractivity contribution < 1.29 is 4.79 Å². The van der Waals surface area contributed by atoms with Gasteiger partial charge in [0.05, 0.1) is 20.9 Å². The monoisotopic (exact) mass is 353 g/mol. The van der Waals surface area contributed by atoms with E-state index in [2.05, 4.69) is 26.3 Å². The van der Waals surface area contributed by atoms with E-state index < -0.39 is 0 Å². The number of nitrogens with zero attached hydrogens (tertiary/aromatic N) is 2. The van der Waals surface area contributed by atoms with Crippen molar-refractivity contribution in [3.05, 3.63) is 33.1 Å². The number of thiophene rings is 1. The second-order valence-electron chi connectivity index (χ2n) is 5.01. The molecule has 106 valence electrons. The van der Waals surface area contributed by atoms with Gasteiger partial charge >= 0.3 is 0 Å². The fraction of sp³-hybridized carbons (Fsp3) is 0.429. The minimum absolute atomic E-state index is 0.0711. The molecule has 1 amide bonds. The van der Waals surface area contributed by atoms with Crippen LogP contribution >= 0.6 is 27.3 Å². The van der Waals surface area contributed by atoms with Gasteiger partial charge in [-0.05, 0) is 40.9 Å². The molecule has 2 heterocycles. The Balaban J connectivity index is 1.74. The standard InChI is InChI=1S/C14H16BrN3OS/c15-12-7-6-11(20-12)14(19)17-13-8-9-16-18(13)10-4-2-1-3-5-10/h6-10H,1-5H2,(H,17,19). The SMILES string of the molecule is O=C(Nc1ccnn1C1CCCCC1)c1ccc(Br)s1. The third kappa shape index (κ3) is 2.96. The van der Waals surface area contributed by atoms with Crippen LogP contribution in [-0.2, 0) is 0 Å². The minimum Gasteiger partial charge on any atom is -0.306 e. The number of rotatable bonds is 3. The second kappa shape index (κ2) is 6.10. The molecular formula is C14H16BrN3OS. The molecule has 1 aliphatic carbocycles. The van der Waals surface area contributed by atoms with Crippen LogP contribution in [0.3, 0.4) is 0 Å². The Kier molecular flexibility index (Phi) is 4.21. The first-order valence-corrected chi connectivity index (χ1v) is 8.45. The van der Waals surface area contributed by atoms with Crippen LogP contribution in [0.1, 0.15) is 47.8 Å². The molecule has 2 aromatic rings. The molecular weight excluding hydrogens is 338 g/mol. The Hall–Kier alpha value is -1.14. The van der Waals surface area contributed by atoms with Gasteiger partial charge in [0.1, 0.15) is 5.82 Å². The molecule has 2 aromatic heterocycles. The van der Waals surface area contributed by atoms with Gasteiger partial charge in [-0.1, -0.05) is 19.3 Å². The van der Waals surface area contributed by atoms with Crippen LogP contribution < -0.4 is 5.32 Å². The average molecular weight is 354 g/mol. The predicted octanol–water partition coefficient (Wildman–Crippen LogP) is 4.46. The predicted molar refractivity (Wildman–Crippen MR) is 84.3 cm³/mol. The minimum atomic E-state index is -0.0711. The molecule has 20 heavy (non-hydrogen) atoms. The van der Waals surface area contributed by atoms with Gasteiger partial charge in [-0.3, -0.25) is 4.79 Å². The number of aromatic nitrogens is 2. The van der Waals surface area contributed by atoms with Crippen LogP contribution in [0.25, 0.3) is 0 Å². The third-order valence-electron chi connectivity index (χ3n) is 3.63. The van der Waals surface area contributed by atoms with E-state index in [-0.39, 0.29) is 5.91 Å². The highest BCUT2D eigenvalue weighted by atomic mass is 79.9. The van der Waals surface area contributed by atoms with Gasteiger partial charge < -0.3 is 5.32 Å². The molecule has 0 aliphatic heterocycles. The molecule has 1 aliphatic rings. The zero-order valence-electron chi connectivity index (χ0n) is 11.0. The molecule has 4 nitrogen and oxygen atoms in total. The number of carbonyl (C=O) groups is 1. The quantitative estimate of drug-likeness (QED) is 0.884. The molecule has 0 bridgehead atoms. The van der Waals surface area contributed by atoms with Crippen molar-refractivity contribution in [1.82, 2.24) is 9.78 Å². The van der Waals surface area contributed by atoms with Crippen molar-refractivity contribution in [3.8, 4) is 0 Å². The first-order chi connectivity index (χ1) is 9.74. The van der Waals surface area contributed by atoms with Crippen LogP contribution in [0.15, 0.2) is 28.2 Å². The number of nitrogens with one attached hydrogen (secondary N) is 1. The lowest BCUT2D eigenvalue weighted by Crippen LogP contribution is -2.19. The first-order valence-electron chi connectivity index (χ1n) is 6.84. The molecule has 0 saturated heterocycles. The normalized spacial score (nSPS) is 16.2. The molecule has 1 N–H and O–H groups in total. The fourth-order valence-corrected chi connectivity index (χ4v) is 3.93. The highest BCUT2D eigenvalue weighted by Gasteiger charge is 2.19. The van der Waals surface area contributed by atoms with Gasteiger partial charge in [-0.15, -0.1) is 11.3 Å². The van der Waals surface area contributed by atoms with E-state index >= 15 is 0 Å². The van der Waals surface area contributed by atoms with Crippen LogP contribution in [0, 0.1) is 0 Å². The van der Waals surface area contributed by atoms with E-state index in [1.54, 1.807) is 6.20 Å². The average Bonchev–Trinajstić information content (AvgIpc) is 3.09. The maximum absolute atomic E-state index is 12.2. The molecule has 0 atom stereocenters. The number of carbonyl (C=O) groups excluding carboxylic acids is 1. The fourth-order valence-electron chi connectivity index (χ4n) is 2.64. The summed E-state index contributed by atoms with van der Waals surface area (Å²) in [5.74, 6) is 0.727. The summed E-state index contributed by atoms with van der Waals surface area (Å²) >= 11 is 4.81. The van der Waals surface area contributed by atoms with Gasteiger partial charge in [-0.2, -0.15) is 5.10 Å². The number of halogens is 1. The van der Waals surface area contributed by atoms with E-state index in [1.807, 2.05) is 22.9 Å². The molecule has 1 fully saturated rings. The zero-order chi connectivity index (χ0) is 13.9. The Labute approximate surface area is 130 Å². The summed E-state index contributed by atoms with van der Waals surface area (Å²) in [5.41, 5.74) is 0. The smallest absolute Gasteiger partial charge is 0.266 e. The topological polar surface area (TPSA) is 46.9 Å². The largest absolute Gasteiger partial charge is 0.306 e. The van der Waals surface area contributed by atoms with Gasteiger partial charge in [0, 0.05) is 6.07 Å². The molecule has 0 aromatic carbocycles. The van der Waals surface area contributed by atoms with Gasteiger partial charge in [0.25, 0.3) is 5.91 Å². The molecule has 6 heteroatoms. The highest BCUT2D eigenvalue weighted by molar-refractivity contribution is 9.11. The summed E-state index contributed by atoms with van der Waals surface area (Å²) < 4.78 is 2.93. The second-order valence-corrected chi connectivity index (χ2v) is 7.47. The van der Waals surface area contributed by atoms with Crippen molar-refractivity contribution in [2.45, 2.75) is 38.1 Å². The lowest BCUT2D eigenvalue weighted by Gasteiger charge is -2.23. The summed E-state index contributed by atoms with van der Waals surface area (Å²) in [6.07, 6.45) is 7.85. The van der Waals surface area contributed by atoms with E-state index in [0.717, 1.165) is 22.4 Å². The maximum Gasteiger partial charge on any atom is 0.266 e. The Morgan fingerprint density at radius 1 is 1.30 bits per heavy atom. The Morgan fingerprint density at radius 3 is 2.80 bits per heavy atom. The molecule has 0 spiro atoms. The van der Waals surface area contributed by atoms with E-state index in [0.29, 0.717) is 10.9 Å². The lowest BCUT2D eigenvalue weighted by atomic mass is 9.96. The van der Waals surface area contributed by atoms with Crippen molar-refractivity contribution >= 4 is 39.0 Å². The third-order valence-corrected chi connectivity index (χ3v) is 5.25. The van der Waals surface area contributed by atoms with Crippen LogP contribution in [-0.4, -0.2) is 15.7 Å². The zero-order valence-corrected chi connectivity index (χ0v) is 13.4. The van der Waals surface area contributed by atoms with Gasteiger partial charge in [0.2, 0.25) is 0 Å². The molecule has 0 unspecified atom stereocenters. The van der Waals surface area contributed by atoms with Crippen molar-refractivity contribution in [1.29, 1.82) is 0 Å². The summed E-state index contributed by atoms with van der Waals surface area (Å²) in [7, 11) is 0. The maximum atomic E-state index is 12.2. The van der Waals surface area contributed by atoms with Gasteiger partial charge in [-0.25, -0.2) is 4.68 Å². The van der Waals surface area contributed by atoms with E-state index in [4.69, 9.17) is 0 Å². The summed E-state index contributed by atoms with van der Waals surface area (Å²) in [5, 5.41) is 7.36. The summed E-state index contributed by atoms with van der Waals surface area (Å²) in [6.45, 7) is 0. The van der Waals surface area contributed by atoms with E-state index in [9.17, 15) is 4.79 Å². The van der Waals surface area contributed by atoms with Crippen LogP contribution in [0.2, 0.25) is 0 Å². The first kappa shape index (κ1) is 13.8. The Bertz CT molecular complexity index is 601. The van der Waals surface area contributed by atoms with E-state index in [1.165, 1.54) is 30.6 Å². The van der Waals surface area contributed by atoms with Crippen molar-refractivity contribution in [2.24, 2.45) is 0 Å². The number of hydrogen-bond donors (Lipinski definition) is 1. The summed E-state index contributed by atoms with van der Waals surface area (Å²) in [4.78, 5) is 12.9. The number of hydrogen-bond acceptors (Lipinski definition) is 3. The highest BCUT2D eigenvalue weighted by Crippen LogP contribution is 2.30. The molecule has 3 rings (SSSR count). The van der Waals surface area contributed by atoms with Crippen molar-refractivity contribution in [2.75, 3.05) is 5.32 Å². The number of amides is 1. The Morgan fingerprint density at radius 2 is 2.10 bits per heavy atom.